The van der Waals surface area contributed by atoms with Crippen molar-refractivity contribution in [2.45, 2.75) is 31.6 Å². The van der Waals surface area contributed by atoms with Crippen LogP contribution in [-0.4, -0.2) is 36.9 Å². The molecule has 0 radical (unpaired) electrons. The zero-order valence-electron chi connectivity index (χ0n) is 9.72. The molecule has 0 saturated heterocycles. The van der Waals surface area contributed by atoms with Crippen LogP contribution in [0.1, 0.15) is 13.3 Å². The van der Waals surface area contributed by atoms with Crippen LogP contribution in [0.3, 0.4) is 0 Å². The van der Waals surface area contributed by atoms with E-state index in [4.69, 9.17) is 9.47 Å². The van der Waals surface area contributed by atoms with Crippen molar-refractivity contribution in [3.8, 4) is 5.75 Å². The Hall–Kier alpha value is -1.13. The highest BCUT2D eigenvalue weighted by atomic mass is 16.5. The molecule has 1 aliphatic rings. The average molecular weight is 222 g/mol. The third kappa shape index (κ3) is 2.33. The largest absolute Gasteiger partial charge is 0.486 e. The Morgan fingerprint density at radius 3 is 3.06 bits per heavy atom. The van der Waals surface area contributed by atoms with E-state index in [1.165, 1.54) is 0 Å². The second kappa shape index (κ2) is 5.27. The van der Waals surface area contributed by atoms with Gasteiger partial charge in [-0.25, -0.2) is 0 Å². The molecule has 1 N–H and O–H groups in total. The minimum absolute atomic E-state index is 0.137. The molecule has 3 unspecified atom stereocenters. The Morgan fingerprint density at radius 1 is 1.56 bits per heavy atom. The first kappa shape index (κ1) is 11.4. The van der Waals surface area contributed by atoms with Gasteiger partial charge in [-0.3, -0.25) is 4.98 Å². The fourth-order valence-corrected chi connectivity index (χ4v) is 2.07. The van der Waals surface area contributed by atoms with Crippen LogP contribution >= 0.6 is 0 Å². The molecular weight excluding hydrogens is 204 g/mol. The SMILES string of the molecule is CCNC1CC(Oc2cccnc2)C1OC. The summed E-state index contributed by atoms with van der Waals surface area (Å²) in [5.74, 6) is 0.810. The lowest BCUT2D eigenvalue weighted by molar-refractivity contribution is -0.0885. The normalized spacial score (nSPS) is 28.5. The molecule has 0 spiro atoms. The lowest BCUT2D eigenvalue weighted by Gasteiger charge is -2.43. The van der Waals surface area contributed by atoms with Gasteiger partial charge in [-0.1, -0.05) is 6.92 Å². The predicted molar refractivity (Wildman–Crippen MR) is 61.5 cm³/mol. The highest BCUT2D eigenvalue weighted by Crippen LogP contribution is 2.28. The van der Waals surface area contributed by atoms with Crippen LogP contribution in [0, 0.1) is 0 Å². The van der Waals surface area contributed by atoms with Gasteiger partial charge in [0.05, 0.1) is 6.20 Å². The van der Waals surface area contributed by atoms with E-state index in [-0.39, 0.29) is 12.2 Å². The molecule has 0 aliphatic heterocycles. The maximum atomic E-state index is 5.80. The van der Waals surface area contributed by atoms with E-state index in [1.807, 2.05) is 12.1 Å². The smallest absolute Gasteiger partial charge is 0.138 e. The van der Waals surface area contributed by atoms with Crippen LogP contribution < -0.4 is 10.1 Å². The van der Waals surface area contributed by atoms with Crippen LogP contribution in [0.25, 0.3) is 0 Å². The Morgan fingerprint density at radius 2 is 2.44 bits per heavy atom. The number of methoxy groups -OCH3 is 1. The standard InChI is InChI=1S/C12H18N2O2/c1-3-14-10-7-11(12(10)15-2)16-9-5-4-6-13-8-9/h4-6,8,10-12,14H,3,7H2,1-2H3. The van der Waals surface area contributed by atoms with Gasteiger partial charge in [0.25, 0.3) is 0 Å². The summed E-state index contributed by atoms with van der Waals surface area (Å²) in [5, 5.41) is 3.38. The van der Waals surface area contributed by atoms with Crippen LogP contribution in [0.5, 0.6) is 5.75 Å². The number of nitrogens with one attached hydrogen (secondary N) is 1. The van der Waals surface area contributed by atoms with Crippen LogP contribution in [-0.2, 0) is 4.74 Å². The molecule has 88 valence electrons. The van der Waals surface area contributed by atoms with Gasteiger partial charge in [0.2, 0.25) is 0 Å². The van der Waals surface area contributed by atoms with Crippen molar-refractivity contribution < 1.29 is 9.47 Å². The third-order valence-electron chi connectivity index (χ3n) is 2.91. The summed E-state index contributed by atoms with van der Waals surface area (Å²) in [5.41, 5.74) is 0. The summed E-state index contributed by atoms with van der Waals surface area (Å²) in [6.07, 6.45) is 4.73. The molecule has 1 aromatic rings. The summed E-state index contributed by atoms with van der Waals surface area (Å²) in [6.45, 7) is 3.06. The van der Waals surface area contributed by atoms with Crippen LogP contribution in [0.4, 0.5) is 0 Å². The van der Waals surface area contributed by atoms with Crippen molar-refractivity contribution in [3.05, 3.63) is 24.5 Å². The number of pyridine rings is 1. The first-order chi connectivity index (χ1) is 7.85. The monoisotopic (exact) mass is 222 g/mol. The number of ether oxygens (including phenoxy) is 2. The van der Waals surface area contributed by atoms with Gasteiger partial charge in [-0.05, 0) is 18.7 Å². The molecule has 0 amide bonds. The fourth-order valence-electron chi connectivity index (χ4n) is 2.07. The second-order valence-electron chi connectivity index (χ2n) is 3.95. The minimum atomic E-state index is 0.137. The molecule has 1 fully saturated rings. The van der Waals surface area contributed by atoms with E-state index in [0.29, 0.717) is 6.04 Å². The van der Waals surface area contributed by atoms with E-state index in [1.54, 1.807) is 19.5 Å². The molecule has 1 aliphatic carbocycles. The summed E-state index contributed by atoms with van der Waals surface area (Å²) in [7, 11) is 1.73. The molecule has 4 nitrogen and oxygen atoms in total. The summed E-state index contributed by atoms with van der Waals surface area (Å²) in [6, 6.07) is 4.20. The van der Waals surface area contributed by atoms with Gasteiger partial charge < -0.3 is 14.8 Å². The summed E-state index contributed by atoms with van der Waals surface area (Å²) < 4.78 is 11.2. The first-order valence-corrected chi connectivity index (χ1v) is 5.68. The van der Waals surface area contributed by atoms with Gasteiger partial charge >= 0.3 is 0 Å². The zero-order valence-corrected chi connectivity index (χ0v) is 9.72. The van der Waals surface area contributed by atoms with Crippen LogP contribution in [0.2, 0.25) is 0 Å². The Labute approximate surface area is 96.0 Å². The van der Waals surface area contributed by atoms with Gasteiger partial charge in [-0.15, -0.1) is 0 Å². The quantitative estimate of drug-likeness (QED) is 0.813. The van der Waals surface area contributed by atoms with E-state index < -0.39 is 0 Å². The molecule has 4 heteroatoms. The lowest BCUT2D eigenvalue weighted by atomic mass is 9.85. The van der Waals surface area contributed by atoms with Crippen LogP contribution in [0.15, 0.2) is 24.5 Å². The molecule has 1 heterocycles. The van der Waals surface area contributed by atoms with Gasteiger partial charge in [0.1, 0.15) is 18.0 Å². The summed E-state index contributed by atoms with van der Waals surface area (Å²) >= 11 is 0. The molecule has 1 aromatic heterocycles. The number of hydrogen-bond donors (Lipinski definition) is 1. The Bertz CT molecular complexity index is 318. The molecule has 3 atom stereocenters. The van der Waals surface area contributed by atoms with E-state index in [9.17, 15) is 0 Å². The highest BCUT2D eigenvalue weighted by molar-refractivity contribution is 5.17. The number of nitrogens with zero attached hydrogens (tertiary/aromatic N) is 1. The number of likely N-dealkylation sites (N-methyl/N-ethyl adjacent to an activating group) is 1. The third-order valence-corrected chi connectivity index (χ3v) is 2.91. The maximum absolute atomic E-state index is 5.80. The zero-order chi connectivity index (χ0) is 11.4. The topological polar surface area (TPSA) is 43.4 Å². The van der Waals surface area contributed by atoms with Gasteiger partial charge in [0, 0.05) is 25.8 Å². The molecule has 16 heavy (non-hydrogen) atoms. The van der Waals surface area contributed by atoms with Crippen molar-refractivity contribution in [3.63, 3.8) is 0 Å². The molecule has 2 rings (SSSR count). The number of hydrogen-bond acceptors (Lipinski definition) is 4. The second-order valence-corrected chi connectivity index (χ2v) is 3.95. The summed E-state index contributed by atoms with van der Waals surface area (Å²) in [4.78, 5) is 4.02. The maximum Gasteiger partial charge on any atom is 0.138 e. The molecular formula is C12H18N2O2. The number of rotatable bonds is 5. The van der Waals surface area contributed by atoms with Crippen molar-refractivity contribution in [2.24, 2.45) is 0 Å². The van der Waals surface area contributed by atoms with E-state index in [0.717, 1.165) is 18.7 Å². The van der Waals surface area contributed by atoms with Gasteiger partial charge in [0.15, 0.2) is 0 Å². The number of aromatic nitrogens is 1. The molecule has 1 saturated carbocycles. The predicted octanol–water partition coefficient (Wildman–Crippen LogP) is 1.23. The Balaban J connectivity index is 1.88. The van der Waals surface area contributed by atoms with Crippen molar-refractivity contribution in [1.82, 2.24) is 10.3 Å². The van der Waals surface area contributed by atoms with E-state index >= 15 is 0 Å². The first-order valence-electron chi connectivity index (χ1n) is 5.68. The van der Waals surface area contributed by atoms with Crippen molar-refractivity contribution in [2.75, 3.05) is 13.7 Å². The minimum Gasteiger partial charge on any atom is -0.486 e. The van der Waals surface area contributed by atoms with Crippen molar-refractivity contribution >= 4 is 0 Å². The Kier molecular flexibility index (Phi) is 3.74. The van der Waals surface area contributed by atoms with E-state index in [2.05, 4.69) is 17.2 Å². The lowest BCUT2D eigenvalue weighted by Crippen LogP contribution is -2.60. The molecule has 0 bridgehead atoms. The fraction of sp³-hybridized carbons (Fsp3) is 0.583. The molecule has 0 aromatic carbocycles. The average Bonchev–Trinajstić information content (AvgIpc) is 2.29. The van der Waals surface area contributed by atoms with Crippen molar-refractivity contribution in [1.29, 1.82) is 0 Å². The van der Waals surface area contributed by atoms with Gasteiger partial charge in [-0.2, -0.15) is 0 Å². The highest BCUT2D eigenvalue weighted by Gasteiger charge is 2.42.